The maximum atomic E-state index is 7.48. The molecule has 0 radical (unpaired) electrons. The Bertz CT molecular complexity index is 600. The zero-order valence-corrected chi connectivity index (χ0v) is 11.5. The Hall–Kier alpha value is -2.30. The van der Waals surface area contributed by atoms with E-state index in [9.17, 15) is 0 Å². The molecule has 0 aliphatic heterocycles. The van der Waals surface area contributed by atoms with Crippen LogP contribution in [0.5, 0.6) is 0 Å². The minimum absolute atomic E-state index is 0.0895. The number of nitrogen functional groups attached to an aromatic ring is 1. The molecule has 0 spiro atoms. The number of aromatic nitrogens is 2. The van der Waals surface area contributed by atoms with Gasteiger partial charge in [0.05, 0.1) is 17.9 Å². The van der Waals surface area contributed by atoms with Crippen LogP contribution in [-0.2, 0) is 13.6 Å². The van der Waals surface area contributed by atoms with Crippen LogP contribution in [0.4, 0.5) is 5.69 Å². The van der Waals surface area contributed by atoms with Crippen LogP contribution < -0.4 is 10.6 Å². The van der Waals surface area contributed by atoms with Gasteiger partial charge in [0.15, 0.2) is 0 Å². The number of rotatable bonds is 4. The highest BCUT2D eigenvalue weighted by atomic mass is 15.3. The summed E-state index contributed by atoms with van der Waals surface area (Å²) in [5.41, 5.74) is 9.45. The van der Waals surface area contributed by atoms with Crippen molar-refractivity contribution in [2.45, 2.75) is 13.5 Å². The minimum atomic E-state index is 0.0895. The third kappa shape index (κ3) is 2.93. The molecule has 0 fully saturated rings. The lowest BCUT2D eigenvalue weighted by molar-refractivity contribution is 0.694. The quantitative estimate of drug-likeness (QED) is 0.646. The fourth-order valence-electron chi connectivity index (χ4n) is 2.06. The predicted octanol–water partition coefficient (Wildman–Crippen LogP) is 1.65. The molecule has 1 aromatic heterocycles. The van der Waals surface area contributed by atoms with Crippen molar-refractivity contribution in [1.29, 1.82) is 5.41 Å². The lowest BCUT2D eigenvalue weighted by Crippen LogP contribution is -2.19. The predicted molar refractivity (Wildman–Crippen MR) is 77.5 cm³/mol. The Morgan fingerprint density at radius 2 is 2.16 bits per heavy atom. The van der Waals surface area contributed by atoms with Crippen LogP contribution in [0.1, 0.15) is 17.0 Å². The number of hydrogen-bond acceptors (Lipinski definition) is 3. The van der Waals surface area contributed by atoms with Crippen molar-refractivity contribution in [2.24, 2.45) is 12.8 Å². The van der Waals surface area contributed by atoms with Gasteiger partial charge in [-0.1, -0.05) is 12.1 Å². The molecule has 3 N–H and O–H groups in total. The van der Waals surface area contributed by atoms with E-state index in [4.69, 9.17) is 11.1 Å². The van der Waals surface area contributed by atoms with Crippen LogP contribution >= 0.6 is 0 Å². The van der Waals surface area contributed by atoms with Crippen molar-refractivity contribution in [1.82, 2.24) is 9.78 Å². The first-order chi connectivity index (χ1) is 8.97. The largest absolute Gasteiger partial charge is 0.384 e. The van der Waals surface area contributed by atoms with Crippen LogP contribution in [0, 0.1) is 12.3 Å². The number of amidine groups is 1. The van der Waals surface area contributed by atoms with Gasteiger partial charge in [-0.2, -0.15) is 5.10 Å². The highest BCUT2D eigenvalue weighted by molar-refractivity contribution is 5.95. The van der Waals surface area contributed by atoms with Crippen molar-refractivity contribution < 1.29 is 0 Å². The van der Waals surface area contributed by atoms with Gasteiger partial charge in [0.1, 0.15) is 5.84 Å². The van der Waals surface area contributed by atoms with Gasteiger partial charge in [0.2, 0.25) is 0 Å². The van der Waals surface area contributed by atoms with Gasteiger partial charge < -0.3 is 10.6 Å². The molecule has 5 nitrogen and oxygen atoms in total. The van der Waals surface area contributed by atoms with E-state index in [1.165, 1.54) is 0 Å². The Labute approximate surface area is 113 Å². The van der Waals surface area contributed by atoms with Crippen molar-refractivity contribution in [3.8, 4) is 0 Å². The number of anilines is 1. The summed E-state index contributed by atoms with van der Waals surface area (Å²) in [6.45, 7) is 2.75. The summed E-state index contributed by atoms with van der Waals surface area (Å²) in [4.78, 5) is 2.11. The second kappa shape index (κ2) is 5.14. The van der Waals surface area contributed by atoms with E-state index in [1.54, 1.807) is 0 Å². The van der Waals surface area contributed by atoms with Crippen LogP contribution in [0.25, 0.3) is 0 Å². The molecule has 0 unspecified atom stereocenters. The van der Waals surface area contributed by atoms with Gasteiger partial charge in [0.25, 0.3) is 0 Å². The lowest BCUT2D eigenvalue weighted by atomic mass is 10.1. The lowest BCUT2D eigenvalue weighted by Gasteiger charge is -2.20. The molecule has 0 amide bonds. The average Bonchev–Trinajstić information content (AvgIpc) is 2.68. The van der Waals surface area contributed by atoms with Crippen LogP contribution in [0.15, 0.2) is 30.3 Å². The molecule has 19 heavy (non-hydrogen) atoms. The first-order valence-corrected chi connectivity index (χ1v) is 6.12. The van der Waals surface area contributed by atoms with E-state index in [0.29, 0.717) is 0 Å². The third-order valence-electron chi connectivity index (χ3n) is 3.10. The molecule has 0 saturated carbocycles. The smallest absolute Gasteiger partial charge is 0.122 e. The molecular weight excluding hydrogens is 238 g/mol. The van der Waals surface area contributed by atoms with E-state index >= 15 is 0 Å². The summed E-state index contributed by atoms with van der Waals surface area (Å²) in [5, 5.41) is 11.8. The van der Waals surface area contributed by atoms with Crippen LogP contribution in [0.3, 0.4) is 0 Å². The molecule has 0 saturated heterocycles. The molecule has 5 heteroatoms. The van der Waals surface area contributed by atoms with Crippen molar-refractivity contribution in [3.05, 3.63) is 47.3 Å². The Balaban J connectivity index is 2.20. The number of benzene rings is 1. The molecule has 0 bridgehead atoms. The normalized spacial score (nSPS) is 10.5. The Morgan fingerprint density at radius 3 is 2.74 bits per heavy atom. The van der Waals surface area contributed by atoms with Gasteiger partial charge in [-0.15, -0.1) is 0 Å². The number of hydrogen-bond donors (Lipinski definition) is 2. The molecular formula is C14H19N5. The monoisotopic (exact) mass is 257 g/mol. The minimum Gasteiger partial charge on any atom is -0.384 e. The fourth-order valence-corrected chi connectivity index (χ4v) is 2.06. The van der Waals surface area contributed by atoms with E-state index in [0.717, 1.165) is 29.2 Å². The molecule has 100 valence electrons. The van der Waals surface area contributed by atoms with Gasteiger partial charge in [-0.05, 0) is 25.1 Å². The van der Waals surface area contributed by atoms with Crippen molar-refractivity contribution >= 4 is 11.5 Å². The van der Waals surface area contributed by atoms with Crippen LogP contribution in [-0.4, -0.2) is 22.7 Å². The van der Waals surface area contributed by atoms with E-state index in [-0.39, 0.29) is 5.84 Å². The standard InChI is InChI=1S/C14H19N5/c1-10-7-13(19(3)17-10)9-18(2)12-6-4-5-11(8-12)14(15)16/h4-8H,9H2,1-3H3,(H3,15,16). The second-order valence-electron chi connectivity index (χ2n) is 4.72. The third-order valence-corrected chi connectivity index (χ3v) is 3.10. The van der Waals surface area contributed by atoms with Crippen LogP contribution in [0.2, 0.25) is 0 Å². The number of nitrogens with zero attached hydrogens (tertiary/aromatic N) is 3. The van der Waals surface area contributed by atoms with Gasteiger partial charge in [-0.25, -0.2) is 0 Å². The van der Waals surface area contributed by atoms with E-state index in [2.05, 4.69) is 16.1 Å². The Kier molecular flexibility index (Phi) is 3.55. The summed E-state index contributed by atoms with van der Waals surface area (Å²) in [6.07, 6.45) is 0. The van der Waals surface area contributed by atoms with Crippen molar-refractivity contribution in [3.63, 3.8) is 0 Å². The average molecular weight is 257 g/mol. The summed E-state index contributed by atoms with van der Waals surface area (Å²) < 4.78 is 1.89. The van der Waals surface area contributed by atoms with Gasteiger partial charge >= 0.3 is 0 Å². The number of nitrogens with two attached hydrogens (primary N) is 1. The topological polar surface area (TPSA) is 70.9 Å². The molecule has 1 aromatic carbocycles. The molecule has 2 rings (SSSR count). The van der Waals surface area contributed by atoms with Gasteiger partial charge in [-0.3, -0.25) is 10.1 Å². The van der Waals surface area contributed by atoms with E-state index < -0.39 is 0 Å². The molecule has 0 aliphatic rings. The summed E-state index contributed by atoms with van der Waals surface area (Å²) in [6, 6.07) is 9.76. The fraction of sp³-hybridized carbons (Fsp3) is 0.286. The molecule has 0 aliphatic carbocycles. The first kappa shape index (κ1) is 13.1. The molecule has 0 atom stereocenters. The molecule has 1 heterocycles. The zero-order chi connectivity index (χ0) is 14.0. The number of aryl methyl sites for hydroxylation is 2. The Morgan fingerprint density at radius 1 is 1.42 bits per heavy atom. The van der Waals surface area contributed by atoms with E-state index in [1.807, 2.05) is 50.0 Å². The summed E-state index contributed by atoms with van der Waals surface area (Å²) in [5.74, 6) is 0.0895. The first-order valence-electron chi connectivity index (χ1n) is 6.12. The molecule has 2 aromatic rings. The zero-order valence-electron chi connectivity index (χ0n) is 11.5. The summed E-state index contributed by atoms with van der Waals surface area (Å²) >= 11 is 0. The maximum absolute atomic E-state index is 7.48. The highest BCUT2D eigenvalue weighted by Gasteiger charge is 2.08. The van der Waals surface area contributed by atoms with Crippen molar-refractivity contribution in [2.75, 3.05) is 11.9 Å². The van der Waals surface area contributed by atoms with Gasteiger partial charge in [0, 0.05) is 25.3 Å². The maximum Gasteiger partial charge on any atom is 0.122 e. The highest BCUT2D eigenvalue weighted by Crippen LogP contribution is 2.17. The number of nitrogens with one attached hydrogen (secondary N) is 1. The SMILES string of the molecule is Cc1cc(CN(C)c2cccc(C(=N)N)c2)n(C)n1. The second-order valence-corrected chi connectivity index (χ2v) is 4.72. The summed E-state index contributed by atoms with van der Waals surface area (Å²) in [7, 11) is 3.96.